The Kier molecular flexibility index (Phi) is 7.47. The Bertz CT molecular complexity index is 1100. The number of aromatic nitrogens is 2. The van der Waals surface area contributed by atoms with E-state index in [1.54, 1.807) is 24.2 Å². The molecule has 3 aromatic rings. The van der Waals surface area contributed by atoms with Crippen LogP contribution in [0.3, 0.4) is 0 Å². The van der Waals surface area contributed by atoms with Gasteiger partial charge in [0.15, 0.2) is 0 Å². The van der Waals surface area contributed by atoms with Crippen LogP contribution in [0.15, 0.2) is 54.7 Å². The SMILES string of the molecule is CSN1CCN(c2ccc(Nc3ncc(C)c(NCc4ccccc4C(F)(F)F)n3)cc2)CC1. The molecule has 0 unspecified atom stereocenters. The molecule has 34 heavy (non-hydrogen) atoms. The van der Waals surface area contributed by atoms with Crippen LogP contribution >= 0.6 is 11.9 Å². The lowest BCUT2D eigenvalue weighted by Gasteiger charge is -2.34. The van der Waals surface area contributed by atoms with Gasteiger partial charge in [-0.15, -0.1) is 0 Å². The molecule has 6 nitrogen and oxygen atoms in total. The summed E-state index contributed by atoms with van der Waals surface area (Å²) in [6, 6.07) is 13.6. The predicted molar refractivity (Wildman–Crippen MR) is 133 cm³/mol. The molecular formula is C24H27F3N6S. The highest BCUT2D eigenvalue weighted by Gasteiger charge is 2.32. The third-order valence-corrected chi connectivity index (χ3v) is 6.61. The molecule has 2 aromatic carbocycles. The summed E-state index contributed by atoms with van der Waals surface area (Å²) >= 11 is 1.78. The van der Waals surface area contributed by atoms with Gasteiger partial charge in [-0.25, -0.2) is 9.29 Å². The van der Waals surface area contributed by atoms with Crippen molar-refractivity contribution in [2.24, 2.45) is 0 Å². The Morgan fingerprint density at radius 2 is 1.71 bits per heavy atom. The maximum absolute atomic E-state index is 13.3. The highest BCUT2D eigenvalue weighted by atomic mass is 32.2. The van der Waals surface area contributed by atoms with Crippen molar-refractivity contribution in [2.75, 3.05) is 48.0 Å². The van der Waals surface area contributed by atoms with Crippen LogP contribution in [-0.2, 0) is 12.7 Å². The van der Waals surface area contributed by atoms with Crippen molar-refractivity contribution in [1.82, 2.24) is 14.3 Å². The van der Waals surface area contributed by atoms with Crippen LogP contribution < -0.4 is 15.5 Å². The quantitative estimate of drug-likeness (QED) is 0.422. The summed E-state index contributed by atoms with van der Waals surface area (Å²) in [5.74, 6) is 0.858. The number of nitrogens with zero attached hydrogens (tertiary/aromatic N) is 4. The Morgan fingerprint density at radius 3 is 2.38 bits per heavy atom. The molecule has 0 radical (unpaired) electrons. The molecule has 1 fully saturated rings. The van der Waals surface area contributed by atoms with Crippen molar-refractivity contribution >= 4 is 35.1 Å². The van der Waals surface area contributed by atoms with Crippen LogP contribution in [0.5, 0.6) is 0 Å². The van der Waals surface area contributed by atoms with E-state index in [2.05, 4.69) is 48.2 Å². The lowest BCUT2D eigenvalue weighted by molar-refractivity contribution is -0.138. The molecule has 1 aliphatic rings. The minimum Gasteiger partial charge on any atom is -0.369 e. The molecule has 180 valence electrons. The fourth-order valence-electron chi connectivity index (χ4n) is 3.82. The van der Waals surface area contributed by atoms with E-state index in [0.717, 1.165) is 43.5 Å². The Hall–Kier alpha value is -2.98. The number of hydrogen-bond donors (Lipinski definition) is 2. The van der Waals surface area contributed by atoms with Gasteiger partial charge in [-0.3, -0.25) is 0 Å². The topological polar surface area (TPSA) is 56.3 Å². The number of alkyl halides is 3. The number of halogens is 3. The monoisotopic (exact) mass is 488 g/mol. The van der Waals surface area contributed by atoms with Gasteiger partial charge in [0.05, 0.1) is 5.56 Å². The van der Waals surface area contributed by atoms with Gasteiger partial charge < -0.3 is 15.5 Å². The van der Waals surface area contributed by atoms with Gasteiger partial charge in [0.2, 0.25) is 5.95 Å². The fourth-order valence-corrected chi connectivity index (χ4v) is 4.35. The normalized spacial score (nSPS) is 14.8. The van der Waals surface area contributed by atoms with E-state index >= 15 is 0 Å². The summed E-state index contributed by atoms with van der Waals surface area (Å²) in [4.78, 5) is 11.1. The molecular weight excluding hydrogens is 461 g/mol. The number of rotatable bonds is 7. The molecule has 0 spiro atoms. The van der Waals surface area contributed by atoms with Gasteiger partial charge in [0.25, 0.3) is 0 Å². The largest absolute Gasteiger partial charge is 0.416 e. The van der Waals surface area contributed by atoms with Gasteiger partial charge in [-0.05, 0) is 49.1 Å². The molecule has 0 atom stereocenters. The number of hydrogen-bond acceptors (Lipinski definition) is 7. The van der Waals surface area contributed by atoms with Gasteiger partial charge in [-0.1, -0.05) is 30.1 Å². The molecule has 1 saturated heterocycles. The molecule has 4 rings (SSSR count). The molecule has 1 aliphatic heterocycles. The minimum absolute atomic E-state index is 0.00543. The molecule has 0 aliphatic carbocycles. The second-order valence-electron chi connectivity index (χ2n) is 8.00. The van der Waals surface area contributed by atoms with Gasteiger partial charge in [0.1, 0.15) is 5.82 Å². The van der Waals surface area contributed by atoms with Crippen LogP contribution in [0.25, 0.3) is 0 Å². The zero-order valence-electron chi connectivity index (χ0n) is 19.1. The average Bonchev–Trinajstić information content (AvgIpc) is 2.84. The standard InChI is InChI=1S/C24H27F3N6S/c1-17-15-29-23(31-22(17)28-16-18-5-3-4-6-21(18)24(25,26)27)30-19-7-9-20(10-8-19)32-11-13-33(34-2)14-12-32/h3-10,15H,11-14,16H2,1-2H3,(H2,28,29,30,31). The summed E-state index contributed by atoms with van der Waals surface area (Å²) in [5.41, 5.74) is 2.26. The second-order valence-corrected chi connectivity index (χ2v) is 8.89. The number of aryl methyl sites for hydroxylation is 1. The summed E-state index contributed by atoms with van der Waals surface area (Å²) < 4.78 is 42.2. The van der Waals surface area contributed by atoms with E-state index in [1.807, 2.05) is 19.1 Å². The Balaban J connectivity index is 1.41. The third kappa shape index (κ3) is 5.92. The van der Waals surface area contributed by atoms with E-state index in [9.17, 15) is 13.2 Å². The van der Waals surface area contributed by atoms with Crippen LogP contribution in [0, 0.1) is 6.92 Å². The van der Waals surface area contributed by atoms with Gasteiger partial charge >= 0.3 is 6.18 Å². The first-order valence-corrected chi connectivity index (χ1v) is 12.2. The number of benzene rings is 2. The van der Waals surface area contributed by atoms with Crippen molar-refractivity contribution in [2.45, 2.75) is 19.6 Å². The van der Waals surface area contributed by atoms with Crippen molar-refractivity contribution in [3.63, 3.8) is 0 Å². The molecule has 0 bridgehead atoms. The van der Waals surface area contributed by atoms with Crippen LogP contribution in [0.1, 0.15) is 16.7 Å². The molecule has 2 heterocycles. The first kappa shape index (κ1) is 24.2. The minimum atomic E-state index is -4.40. The van der Waals surface area contributed by atoms with Crippen molar-refractivity contribution in [3.05, 3.63) is 71.4 Å². The summed E-state index contributed by atoms with van der Waals surface area (Å²) in [5, 5.41) is 6.20. The predicted octanol–water partition coefficient (Wildman–Crippen LogP) is 5.56. The molecule has 0 saturated carbocycles. The first-order chi connectivity index (χ1) is 16.3. The molecule has 2 N–H and O–H groups in total. The van der Waals surface area contributed by atoms with Crippen molar-refractivity contribution in [1.29, 1.82) is 0 Å². The third-order valence-electron chi connectivity index (χ3n) is 5.73. The van der Waals surface area contributed by atoms with Crippen LogP contribution in [-0.4, -0.2) is 46.7 Å². The lowest BCUT2D eigenvalue weighted by Crippen LogP contribution is -2.43. The first-order valence-electron chi connectivity index (χ1n) is 11.0. The Labute approximate surface area is 201 Å². The fraction of sp³-hybridized carbons (Fsp3) is 0.333. The van der Waals surface area contributed by atoms with E-state index in [1.165, 1.54) is 17.8 Å². The second kappa shape index (κ2) is 10.5. The Morgan fingerprint density at radius 1 is 1.00 bits per heavy atom. The highest BCUT2D eigenvalue weighted by Crippen LogP contribution is 2.32. The zero-order chi connectivity index (χ0) is 24.1. The maximum atomic E-state index is 13.3. The number of anilines is 4. The summed E-state index contributed by atoms with van der Waals surface area (Å²) in [6.07, 6.45) is -0.654. The van der Waals surface area contributed by atoms with Crippen molar-refractivity contribution in [3.8, 4) is 0 Å². The summed E-state index contributed by atoms with van der Waals surface area (Å²) in [6.45, 7) is 5.85. The molecule has 1 aromatic heterocycles. The van der Waals surface area contributed by atoms with E-state index in [4.69, 9.17) is 0 Å². The van der Waals surface area contributed by atoms with Crippen LogP contribution in [0.2, 0.25) is 0 Å². The smallest absolute Gasteiger partial charge is 0.369 e. The van der Waals surface area contributed by atoms with Gasteiger partial charge in [0, 0.05) is 55.9 Å². The zero-order valence-corrected chi connectivity index (χ0v) is 19.9. The van der Waals surface area contributed by atoms with E-state index < -0.39 is 11.7 Å². The molecule has 10 heteroatoms. The van der Waals surface area contributed by atoms with Gasteiger partial charge in [-0.2, -0.15) is 18.2 Å². The van der Waals surface area contributed by atoms with E-state index in [0.29, 0.717) is 11.8 Å². The average molecular weight is 489 g/mol. The van der Waals surface area contributed by atoms with Crippen LogP contribution in [0.4, 0.5) is 36.3 Å². The maximum Gasteiger partial charge on any atom is 0.416 e. The molecule has 0 amide bonds. The number of nitrogens with one attached hydrogen (secondary N) is 2. The van der Waals surface area contributed by atoms with Crippen molar-refractivity contribution < 1.29 is 13.2 Å². The summed E-state index contributed by atoms with van der Waals surface area (Å²) in [7, 11) is 0. The van der Waals surface area contributed by atoms with E-state index in [-0.39, 0.29) is 12.1 Å². The lowest BCUT2D eigenvalue weighted by atomic mass is 10.1. The highest BCUT2D eigenvalue weighted by molar-refractivity contribution is 7.96. The number of piperazine rings is 1.